The molecule has 0 unspecified atom stereocenters. The number of benzene rings is 1. The second-order valence-corrected chi connectivity index (χ2v) is 8.54. The van der Waals surface area contributed by atoms with Gasteiger partial charge in [-0.3, -0.25) is 9.80 Å². The summed E-state index contributed by atoms with van der Waals surface area (Å²) in [6, 6.07) is 5.53. The minimum Gasteiger partial charge on any atom is -0.364 e. The molecule has 0 fully saturated rings. The number of rotatable bonds is 9. The van der Waals surface area contributed by atoms with Gasteiger partial charge in [-0.25, -0.2) is 28.5 Å². The first kappa shape index (κ1) is 22.2. The SMILES string of the molecule is C[C@H](CC=O)N(N)c1cnc(C(N)=O)c(Nc2ccc(S(=O)(=O)N(C)C)cc2)n1. The van der Waals surface area contributed by atoms with E-state index in [9.17, 15) is 18.0 Å². The van der Waals surface area contributed by atoms with Gasteiger partial charge in [0.05, 0.1) is 17.1 Å². The van der Waals surface area contributed by atoms with Crippen molar-refractivity contribution < 1.29 is 18.0 Å². The average molecular weight is 421 g/mol. The van der Waals surface area contributed by atoms with Gasteiger partial charge in [0.2, 0.25) is 10.0 Å². The van der Waals surface area contributed by atoms with Crippen LogP contribution in [0.4, 0.5) is 17.3 Å². The predicted molar refractivity (Wildman–Crippen MR) is 108 cm³/mol. The van der Waals surface area contributed by atoms with Gasteiger partial charge in [0, 0.05) is 26.2 Å². The summed E-state index contributed by atoms with van der Waals surface area (Å²) in [7, 11) is -0.696. The number of primary amides is 1. The van der Waals surface area contributed by atoms with Gasteiger partial charge >= 0.3 is 0 Å². The maximum Gasteiger partial charge on any atom is 0.271 e. The smallest absolute Gasteiger partial charge is 0.271 e. The molecule has 1 heterocycles. The third-order valence-electron chi connectivity index (χ3n) is 4.07. The zero-order valence-electron chi connectivity index (χ0n) is 16.2. The van der Waals surface area contributed by atoms with Crippen molar-refractivity contribution in [2.24, 2.45) is 11.6 Å². The van der Waals surface area contributed by atoms with Crippen LogP contribution in [-0.2, 0) is 14.8 Å². The maximum absolute atomic E-state index is 12.2. The van der Waals surface area contributed by atoms with Gasteiger partial charge in [0.25, 0.3) is 5.91 Å². The Kier molecular flexibility index (Phi) is 6.84. The van der Waals surface area contributed by atoms with E-state index in [1.807, 2.05) is 0 Å². The number of amides is 1. The van der Waals surface area contributed by atoms with Gasteiger partial charge < -0.3 is 15.8 Å². The van der Waals surface area contributed by atoms with Crippen LogP contribution in [0.5, 0.6) is 0 Å². The van der Waals surface area contributed by atoms with E-state index in [1.54, 1.807) is 6.92 Å². The number of carbonyl (C=O) groups excluding carboxylic acids is 2. The van der Waals surface area contributed by atoms with Crippen LogP contribution in [0, 0.1) is 0 Å². The average Bonchev–Trinajstić information content (AvgIpc) is 2.67. The molecule has 2 aromatic rings. The second-order valence-electron chi connectivity index (χ2n) is 6.39. The molecule has 0 spiro atoms. The molecule has 1 aromatic heterocycles. The first-order valence-corrected chi connectivity index (χ1v) is 9.96. The van der Waals surface area contributed by atoms with Crippen molar-refractivity contribution in [2.75, 3.05) is 24.4 Å². The van der Waals surface area contributed by atoms with Crippen LogP contribution in [0.15, 0.2) is 35.4 Å². The number of carbonyl (C=O) groups is 2. The molecule has 12 heteroatoms. The number of hydrogen-bond donors (Lipinski definition) is 3. The predicted octanol–water partition coefficient (Wildman–Crippen LogP) is 0.227. The number of nitrogens with two attached hydrogens (primary N) is 2. The lowest BCUT2D eigenvalue weighted by Gasteiger charge is -2.24. The van der Waals surface area contributed by atoms with Gasteiger partial charge in [0.1, 0.15) is 6.29 Å². The molecule has 0 aliphatic rings. The van der Waals surface area contributed by atoms with Crippen molar-refractivity contribution in [1.82, 2.24) is 14.3 Å². The summed E-state index contributed by atoms with van der Waals surface area (Å²) in [4.78, 5) is 30.8. The lowest BCUT2D eigenvalue weighted by molar-refractivity contribution is -0.108. The van der Waals surface area contributed by atoms with Crippen molar-refractivity contribution in [3.05, 3.63) is 36.2 Å². The van der Waals surface area contributed by atoms with Crippen LogP contribution in [0.3, 0.4) is 0 Å². The number of sulfonamides is 1. The van der Waals surface area contributed by atoms with Gasteiger partial charge in [-0.1, -0.05) is 0 Å². The molecule has 0 radical (unpaired) electrons. The van der Waals surface area contributed by atoms with Crippen molar-refractivity contribution in [3.8, 4) is 0 Å². The molecule has 1 aromatic carbocycles. The summed E-state index contributed by atoms with van der Waals surface area (Å²) < 4.78 is 25.4. The lowest BCUT2D eigenvalue weighted by atomic mass is 10.2. The largest absolute Gasteiger partial charge is 0.364 e. The topological polar surface area (TPSA) is 165 Å². The minimum atomic E-state index is -3.57. The molecule has 0 saturated carbocycles. The Hall–Kier alpha value is -3.09. The van der Waals surface area contributed by atoms with Crippen LogP contribution < -0.4 is 21.9 Å². The number of anilines is 3. The molecule has 29 heavy (non-hydrogen) atoms. The standard InChI is InChI=1S/C17H23N7O4S/c1-11(8-9-25)24(19)14-10-20-15(16(18)26)17(22-14)21-12-4-6-13(7-5-12)29(27,28)23(2)3/h4-7,9-11H,8,19H2,1-3H3,(H2,18,26)(H,21,22)/t11-/m1/s1. The fraction of sp³-hybridized carbons (Fsp3) is 0.294. The molecule has 5 N–H and O–H groups in total. The fourth-order valence-electron chi connectivity index (χ4n) is 2.31. The Morgan fingerprint density at radius 1 is 1.28 bits per heavy atom. The number of aldehydes is 1. The highest BCUT2D eigenvalue weighted by molar-refractivity contribution is 7.89. The Bertz CT molecular complexity index is 993. The summed E-state index contributed by atoms with van der Waals surface area (Å²) in [5.74, 6) is 5.43. The highest BCUT2D eigenvalue weighted by atomic mass is 32.2. The second kappa shape index (κ2) is 8.94. The van der Waals surface area contributed by atoms with Gasteiger partial charge in [-0.05, 0) is 31.2 Å². The third kappa shape index (κ3) is 5.04. The van der Waals surface area contributed by atoms with E-state index in [1.165, 1.54) is 49.6 Å². The van der Waals surface area contributed by atoms with E-state index >= 15 is 0 Å². The first-order valence-electron chi connectivity index (χ1n) is 8.52. The zero-order chi connectivity index (χ0) is 21.8. The van der Waals surface area contributed by atoms with Crippen LogP contribution in [-0.4, -0.2) is 55.0 Å². The molecule has 11 nitrogen and oxygen atoms in total. The molecule has 0 saturated heterocycles. The summed E-state index contributed by atoms with van der Waals surface area (Å²) in [5.41, 5.74) is 5.70. The fourth-order valence-corrected chi connectivity index (χ4v) is 3.21. The van der Waals surface area contributed by atoms with Crippen LogP contribution in [0.1, 0.15) is 23.8 Å². The van der Waals surface area contributed by atoms with Crippen molar-refractivity contribution in [2.45, 2.75) is 24.3 Å². The number of nitrogens with zero attached hydrogens (tertiary/aromatic N) is 4. The van der Waals surface area contributed by atoms with E-state index in [0.717, 1.165) is 10.6 Å². The van der Waals surface area contributed by atoms with E-state index in [4.69, 9.17) is 11.6 Å². The molecule has 156 valence electrons. The van der Waals surface area contributed by atoms with E-state index < -0.39 is 15.9 Å². The van der Waals surface area contributed by atoms with Gasteiger partial charge in [-0.15, -0.1) is 0 Å². The molecule has 2 rings (SSSR count). The third-order valence-corrected chi connectivity index (χ3v) is 5.89. The van der Waals surface area contributed by atoms with E-state index in [2.05, 4.69) is 15.3 Å². The quantitative estimate of drug-likeness (QED) is 0.292. The normalized spacial score (nSPS) is 12.4. The van der Waals surface area contributed by atoms with Crippen molar-refractivity contribution >= 4 is 39.5 Å². The summed E-state index contributed by atoms with van der Waals surface area (Å²) >= 11 is 0. The Morgan fingerprint density at radius 3 is 2.41 bits per heavy atom. The van der Waals surface area contributed by atoms with E-state index in [0.29, 0.717) is 5.69 Å². The van der Waals surface area contributed by atoms with Gasteiger partial charge in [0.15, 0.2) is 17.3 Å². The first-order chi connectivity index (χ1) is 13.6. The van der Waals surface area contributed by atoms with Crippen LogP contribution in [0.2, 0.25) is 0 Å². The highest BCUT2D eigenvalue weighted by Gasteiger charge is 2.19. The minimum absolute atomic E-state index is 0.0481. The van der Waals surface area contributed by atoms with Gasteiger partial charge in [-0.2, -0.15) is 0 Å². The summed E-state index contributed by atoms with van der Waals surface area (Å²) in [6.07, 6.45) is 2.19. The van der Waals surface area contributed by atoms with Crippen molar-refractivity contribution in [1.29, 1.82) is 0 Å². The number of aromatic nitrogens is 2. The Morgan fingerprint density at radius 2 is 1.90 bits per heavy atom. The maximum atomic E-state index is 12.2. The van der Waals surface area contributed by atoms with E-state index in [-0.39, 0.29) is 34.7 Å². The molecular formula is C17H23N7O4S. The molecule has 1 atom stereocenters. The highest BCUT2D eigenvalue weighted by Crippen LogP contribution is 2.23. The molecule has 0 aliphatic carbocycles. The number of hydrazine groups is 1. The molecule has 1 amide bonds. The summed E-state index contributed by atoms with van der Waals surface area (Å²) in [6.45, 7) is 1.73. The summed E-state index contributed by atoms with van der Waals surface area (Å²) in [5, 5.41) is 4.15. The number of hydrogen-bond acceptors (Lipinski definition) is 9. The Balaban J connectivity index is 2.36. The Labute approximate surface area is 168 Å². The number of nitrogens with one attached hydrogen (secondary N) is 1. The van der Waals surface area contributed by atoms with Crippen LogP contribution in [0.25, 0.3) is 0 Å². The molecule has 0 bridgehead atoms. The molecular weight excluding hydrogens is 398 g/mol. The molecule has 0 aliphatic heterocycles. The van der Waals surface area contributed by atoms with Crippen LogP contribution >= 0.6 is 0 Å². The monoisotopic (exact) mass is 421 g/mol. The lowest BCUT2D eigenvalue weighted by Crippen LogP contribution is -2.40. The zero-order valence-corrected chi connectivity index (χ0v) is 17.0. The van der Waals surface area contributed by atoms with Crippen molar-refractivity contribution in [3.63, 3.8) is 0 Å².